The highest BCUT2D eigenvalue weighted by Crippen LogP contribution is 2.27. The van der Waals surface area contributed by atoms with Crippen LogP contribution < -0.4 is 10.6 Å². The number of benzene rings is 2. The van der Waals surface area contributed by atoms with Gasteiger partial charge in [-0.3, -0.25) is 4.79 Å². The smallest absolute Gasteiger partial charge is 0.230 e. The number of aromatic amines is 1. The molecule has 27 heavy (non-hydrogen) atoms. The summed E-state index contributed by atoms with van der Waals surface area (Å²) in [6.45, 7) is 3.65. The van der Waals surface area contributed by atoms with Gasteiger partial charge in [-0.2, -0.15) is 0 Å². The molecule has 3 aromatic rings. The molecule has 1 aromatic heterocycles. The summed E-state index contributed by atoms with van der Waals surface area (Å²) in [5.74, 6) is 1.40. The number of amides is 1. The Morgan fingerprint density at radius 1 is 1.26 bits per heavy atom. The maximum atomic E-state index is 12.3. The second-order valence-electron chi connectivity index (χ2n) is 6.85. The first-order chi connectivity index (χ1) is 13.2. The van der Waals surface area contributed by atoms with Gasteiger partial charge in [0, 0.05) is 12.6 Å². The van der Waals surface area contributed by atoms with Crippen LogP contribution in [0.1, 0.15) is 35.2 Å². The number of carbonyl (C=O) groups is 1. The lowest BCUT2D eigenvalue weighted by Gasteiger charge is -2.27. The van der Waals surface area contributed by atoms with E-state index in [2.05, 4.69) is 51.8 Å². The molecule has 5 nitrogen and oxygen atoms in total. The van der Waals surface area contributed by atoms with E-state index in [0.29, 0.717) is 12.3 Å². The molecule has 0 saturated heterocycles. The Labute approximate surface area is 163 Å². The Hall–Kier alpha value is -2.31. The standard InChI is InChI=1S/C21H24N4OS/c1-14(21-24-17-8-4-5-9-18(17)25-21)27-13-20(26)23-12-19-16-7-3-2-6-15(16)10-11-22-19/h2-9,14,19,22H,10-13H2,1H3,(H,23,26)(H,24,25). The Bertz CT molecular complexity index is 906. The zero-order valence-corrected chi connectivity index (χ0v) is 16.2. The minimum atomic E-state index is 0.0628. The van der Waals surface area contributed by atoms with Gasteiger partial charge in [0.05, 0.1) is 22.0 Å². The number of hydrogen-bond acceptors (Lipinski definition) is 4. The Morgan fingerprint density at radius 3 is 2.96 bits per heavy atom. The quantitative estimate of drug-likeness (QED) is 0.613. The van der Waals surface area contributed by atoms with Gasteiger partial charge < -0.3 is 15.6 Å². The predicted molar refractivity (Wildman–Crippen MR) is 111 cm³/mol. The van der Waals surface area contributed by atoms with E-state index in [-0.39, 0.29) is 17.2 Å². The molecule has 2 unspecified atom stereocenters. The molecule has 140 valence electrons. The van der Waals surface area contributed by atoms with Crippen molar-refractivity contribution in [2.45, 2.75) is 24.6 Å². The number of hydrogen-bond donors (Lipinski definition) is 3. The van der Waals surface area contributed by atoms with Crippen molar-refractivity contribution >= 4 is 28.7 Å². The molecule has 0 aliphatic carbocycles. The molecule has 1 aliphatic rings. The number of carbonyl (C=O) groups excluding carboxylic acids is 1. The zero-order valence-electron chi connectivity index (χ0n) is 15.4. The van der Waals surface area contributed by atoms with E-state index in [0.717, 1.165) is 29.8 Å². The average Bonchev–Trinajstić information content (AvgIpc) is 3.15. The Balaban J connectivity index is 1.29. The highest BCUT2D eigenvalue weighted by atomic mass is 32.2. The average molecular weight is 381 g/mol. The van der Waals surface area contributed by atoms with Crippen molar-refractivity contribution in [3.63, 3.8) is 0 Å². The predicted octanol–water partition coefficient (Wildman–Crippen LogP) is 3.36. The number of thioether (sulfide) groups is 1. The van der Waals surface area contributed by atoms with Crippen LogP contribution in [0.2, 0.25) is 0 Å². The number of nitrogens with zero attached hydrogens (tertiary/aromatic N) is 1. The van der Waals surface area contributed by atoms with Crippen LogP contribution in [0.4, 0.5) is 0 Å². The van der Waals surface area contributed by atoms with Crippen LogP contribution in [0.15, 0.2) is 48.5 Å². The normalized spacial score (nSPS) is 17.4. The van der Waals surface area contributed by atoms with Gasteiger partial charge in [-0.15, -0.1) is 11.8 Å². The molecule has 6 heteroatoms. The first-order valence-corrected chi connectivity index (χ1v) is 10.4. The highest BCUT2D eigenvalue weighted by Gasteiger charge is 2.20. The lowest BCUT2D eigenvalue weighted by Crippen LogP contribution is -2.39. The summed E-state index contributed by atoms with van der Waals surface area (Å²) in [5.41, 5.74) is 4.67. The van der Waals surface area contributed by atoms with Crippen molar-refractivity contribution in [1.29, 1.82) is 0 Å². The van der Waals surface area contributed by atoms with Crippen molar-refractivity contribution in [2.24, 2.45) is 0 Å². The van der Waals surface area contributed by atoms with E-state index < -0.39 is 0 Å². The van der Waals surface area contributed by atoms with Gasteiger partial charge in [-0.05, 0) is 43.1 Å². The van der Waals surface area contributed by atoms with Crippen LogP contribution in [0.3, 0.4) is 0 Å². The molecule has 2 heterocycles. The summed E-state index contributed by atoms with van der Waals surface area (Å²) in [5, 5.41) is 6.71. The minimum absolute atomic E-state index is 0.0628. The molecule has 4 rings (SSSR count). The molecule has 1 amide bonds. The molecular formula is C21H24N4OS. The number of fused-ring (bicyclic) bond motifs is 2. The lowest BCUT2D eigenvalue weighted by molar-refractivity contribution is -0.118. The molecule has 2 atom stereocenters. The molecular weight excluding hydrogens is 356 g/mol. The minimum Gasteiger partial charge on any atom is -0.353 e. The first kappa shape index (κ1) is 18.1. The van der Waals surface area contributed by atoms with Gasteiger partial charge in [0.25, 0.3) is 0 Å². The van der Waals surface area contributed by atoms with E-state index in [1.807, 2.05) is 24.3 Å². The third kappa shape index (κ3) is 4.17. The maximum Gasteiger partial charge on any atom is 0.230 e. The van der Waals surface area contributed by atoms with Gasteiger partial charge in [-0.1, -0.05) is 36.4 Å². The summed E-state index contributed by atoms with van der Waals surface area (Å²) >= 11 is 1.60. The van der Waals surface area contributed by atoms with E-state index in [4.69, 9.17) is 0 Å². The lowest BCUT2D eigenvalue weighted by atomic mass is 9.94. The second-order valence-corrected chi connectivity index (χ2v) is 8.18. The van der Waals surface area contributed by atoms with Crippen LogP contribution in [-0.4, -0.2) is 34.7 Å². The van der Waals surface area contributed by atoms with E-state index in [9.17, 15) is 4.79 Å². The number of imidazole rings is 1. The van der Waals surface area contributed by atoms with Crippen molar-refractivity contribution in [3.8, 4) is 0 Å². The SMILES string of the molecule is CC(SCC(=O)NCC1NCCc2ccccc21)c1nc2ccccc2[nH]1. The van der Waals surface area contributed by atoms with Crippen molar-refractivity contribution in [2.75, 3.05) is 18.8 Å². The molecule has 0 radical (unpaired) electrons. The monoisotopic (exact) mass is 380 g/mol. The number of aromatic nitrogens is 2. The molecule has 3 N–H and O–H groups in total. The van der Waals surface area contributed by atoms with Crippen molar-refractivity contribution in [3.05, 3.63) is 65.5 Å². The van der Waals surface area contributed by atoms with Crippen LogP contribution in [-0.2, 0) is 11.2 Å². The zero-order chi connectivity index (χ0) is 18.6. The second kappa shape index (κ2) is 8.15. The number of rotatable bonds is 6. The van der Waals surface area contributed by atoms with E-state index >= 15 is 0 Å². The summed E-state index contributed by atoms with van der Waals surface area (Å²) in [6, 6.07) is 16.6. The number of H-pyrrole nitrogens is 1. The van der Waals surface area contributed by atoms with E-state index in [1.165, 1.54) is 11.1 Å². The highest BCUT2D eigenvalue weighted by molar-refractivity contribution is 8.00. The third-order valence-corrected chi connectivity index (χ3v) is 6.13. The molecule has 0 bridgehead atoms. The summed E-state index contributed by atoms with van der Waals surface area (Å²) in [6.07, 6.45) is 1.05. The maximum absolute atomic E-state index is 12.3. The van der Waals surface area contributed by atoms with Gasteiger partial charge >= 0.3 is 0 Å². The van der Waals surface area contributed by atoms with Gasteiger partial charge in [0.2, 0.25) is 5.91 Å². The number of nitrogens with one attached hydrogen (secondary N) is 3. The Kier molecular flexibility index (Phi) is 5.45. The van der Waals surface area contributed by atoms with Crippen LogP contribution in [0.5, 0.6) is 0 Å². The van der Waals surface area contributed by atoms with Crippen LogP contribution >= 0.6 is 11.8 Å². The van der Waals surface area contributed by atoms with Gasteiger partial charge in [0.1, 0.15) is 5.82 Å². The molecule has 0 spiro atoms. The Morgan fingerprint density at radius 2 is 2.07 bits per heavy atom. The fourth-order valence-corrected chi connectivity index (χ4v) is 4.26. The fraction of sp³-hybridized carbons (Fsp3) is 0.333. The van der Waals surface area contributed by atoms with Crippen LogP contribution in [0.25, 0.3) is 11.0 Å². The van der Waals surface area contributed by atoms with Crippen molar-refractivity contribution < 1.29 is 4.79 Å². The molecule has 1 aliphatic heterocycles. The van der Waals surface area contributed by atoms with Gasteiger partial charge in [-0.25, -0.2) is 4.98 Å². The van der Waals surface area contributed by atoms with Gasteiger partial charge in [0.15, 0.2) is 0 Å². The fourth-order valence-electron chi connectivity index (χ4n) is 3.49. The van der Waals surface area contributed by atoms with Crippen LogP contribution in [0, 0.1) is 0 Å². The summed E-state index contributed by atoms with van der Waals surface area (Å²) in [7, 11) is 0. The number of para-hydroxylation sites is 2. The largest absolute Gasteiger partial charge is 0.353 e. The third-order valence-electron chi connectivity index (χ3n) is 4.98. The molecule has 0 saturated carbocycles. The summed E-state index contributed by atoms with van der Waals surface area (Å²) in [4.78, 5) is 20.3. The summed E-state index contributed by atoms with van der Waals surface area (Å²) < 4.78 is 0. The topological polar surface area (TPSA) is 69.8 Å². The molecule has 2 aromatic carbocycles. The first-order valence-electron chi connectivity index (χ1n) is 9.35. The van der Waals surface area contributed by atoms with E-state index in [1.54, 1.807) is 11.8 Å². The van der Waals surface area contributed by atoms with Crippen molar-refractivity contribution in [1.82, 2.24) is 20.6 Å². The molecule has 0 fully saturated rings.